The van der Waals surface area contributed by atoms with Crippen molar-refractivity contribution >= 4 is 29.9 Å². The molecular formula is C19H35IN6O2. The number of nitrogens with zero attached hydrogens (tertiary/aromatic N) is 4. The van der Waals surface area contributed by atoms with Crippen LogP contribution in [0.2, 0.25) is 0 Å². The van der Waals surface area contributed by atoms with Gasteiger partial charge in [-0.1, -0.05) is 12.8 Å². The fraction of sp³-hybridized carbons (Fsp3) is 0.842. The third-order valence-electron chi connectivity index (χ3n) is 5.09. The van der Waals surface area contributed by atoms with Crippen LogP contribution in [-0.4, -0.2) is 59.7 Å². The van der Waals surface area contributed by atoms with Crippen molar-refractivity contribution in [2.24, 2.45) is 4.99 Å². The van der Waals surface area contributed by atoms with Crippen molar-refractivity contribution in [2.75, 3.05) is 26.8 Å². The molecule has 0 spiro atoms. The van der Waals surface area contributed by atoms with Crippen LogP contribution >= 0.6 is 24.0 Å². The standard InChI is InChI=1S/C19H34N6O2.HI/c1-3-20-19(21-11-6-12-27-16-7-4-5-8-16)22-15-9-10-18-23-17(14-26-2)24-25(18)13-15;/h15-16H,3-14H2,1-2H3,(H2,20,21,22);1H. The zero-order valence-corrected chi connectivity index (χ0v) is 19.5. The van der Waals surface area contributed by atoms with Gasteiger partial charge in [-0.15, -0.1) is 24.0 Å². The zero-order chi connectivity index (χ0) is 18.9. The molecule has 1 aromatic rings. The number of halogens is 1. The summed E-state index contributed by atoms with van der Waals surface area (Å²) < 4.78 is 13.0. The minimum absolute atomic E-state index is 0. The Hall–Kier alpha value is -0.940. The number of hydrogen-bond acceptors (Lipinski definition) is 5. The van der Waals surface area contributed by atoms with Gasteiger partial charge in [0.25, 0.3) is 0 Å². The maximum Gasteiger partial charge on any atom is 0.191 e. The summed E-state index contributed by atoms with van der Waals surface area (Å²) in [7, 11) is 1.67. The first-order valence-corrected chi connectivity index (χ1v) is 10.4. The molecule has 1 fully saturated rings. The second-order valence-corrected chi connectivity index (χ2v) is 7.33. The van der Waals surface area contributed by atoms with Crippen molar-refractivity contribution in [3.8, 4) is 0 Å². The van der Waals surface area contributed by atoms with Crippen molar-refractivity contribution in [2.45, 2.75) is 77.2 Å². The molecule has 0 amide bonds. The van der Waals surface area contributed by atoms with E-state index in [9.17, 15) is 0 Å². The number of aliphatic imine (C=N–C) groups is 1. The molecule has 1 unspecified atom stereocenters. The normalized spacial score (nSPS) is 19.9. The predicted octanol–water partition coefficient (Wildman–Crippen LogP) is 2.26. The van der Waals surface area contributed by atoms with Gasteiger partial charge in [0.15, 0.2) is 11.8 Å². The summed E-state index contributed by atoms with van der Waals surface area (Å²) in [4.78, 5) is 9.24. The van der Waals surface area contributed by atoms with Gasteiger partial charge in [0, 0.05) is 39.3 Å². The molecule has 1 atom stereocenters. The van der Waals surface area contributed by atoms with Crippen LogP contribution in [0, 0.1) is 0 Å². The Labute approximate surface area is 185 Å². The molecule has 1 aliphatic heterocycles. The molecule has 0 bridgehead atoms. The van der Waals surface area contributed by atoms with Gasteiger partial charge in [-0.25, -0.2) is 9.67 Å². The Kier molecular flexibility index (Phi) is 10.5. The summed E-state index contributed by atoms with van der Waals surface area (Å²) in [6.45, 7) is 5.80. The molecule has 3 rings (SSSR count). The monoisotopic (exact) mass is 506 g/mol. The minimum atomic E-state index is 0. The van der Waals surface area contributed by atoms with E-state index in [4.69, 9.17) is 14.5 Å². The number of rotatable bonds is 9. The minimum Gasteiger partial charge on any atom is -0.378 e. The van der Waals surface area contributed by atoms with Crippen LogP contribution < -0.4 is 10.6 Å². The van der Waals surface area contributed by atoms with Gasteiger partial charge < -0.3 is 20.1 Å². The molecule has 1 aliphatic carbocycles. The van der Waals surface area contributed by atoms with Crippen LogP contribution in [0.3, 0.4) is 0 Å². The lowest BCUT2D eigenvalue weighted by Gasteiger charge is -2.25. The van der Waals surface area contributed by atoms with Crippen molar-refractivity contribution in [3.05, 3.63) is 11.6 Å². The van der Waals surface area contributed by atoms with Gasteiger partial charge in [-0.3, -0.25) is 4.99 Å². The van der Waals surface area contributed by atoms with E-state index in [1.165, 1.54) is 25.7 Å². The van der Waals surface area contributed by atoms with Crippen LogP contribution in [0.25, 0.3) is 0 Å². The number of fused-ring (bicyclic) bond motifs is 1. The lowest BCUT2D eigenvalue weighted by Crippen LogP contribution is -2.47. The van der Waals surface area contributed by atoms with E-state index >= 15 is 0 Å². The van der Waals surface area contributed by atoms with Gasteiger partial charge in [0.2, 0.25) is 0 Å². The molecule has 0 aromatic carbocycles. The highest BCUT2D eigenvalue weighted by Gasteiger charge is 2.22. The molecule has 2 aliphatic rings. The first kappa shape index (κ1) is 23.3. The second-order valence-electron chi connectivity index (χ2n) is 7.33. The number of aryl methyl sites for hydroxylation is 1. The van der Waals surface area contributed by atoms with E-state index in [1.54, 1.807) is 7.11 Å². The number of aromatic nitrogens is 3. The molecule has 9 heteroatoms. The summed E-state index contributed by atoms with van der Waals surface area (Å²) >= 11 is 0. The Balaban J connectivity index is 0.00000280. The fourth-order valence-electron chi connectivity index (χ4n) is 3.74. The van der Waals surface area contributed by atoms with E-state index in [1.807, 2.05) is 4.68 Å². The molecule has 8 nitrogen and oxygen atoms in total. The first-order chi connectivity index (χ1) is 13.3. The number of ether oxygens (including phenoxy) is 2. The maximum absolute atomic E-state index is 5.92. The van der Waals surface area contributed by atoms with Crippen molar-refractivity contribution in [1.82, 2.24) is 25.4 Å². The fourth-order valence-corrected chi connectivity index (χ4v) is 3.74. The third kappa shape index (κ3) is 7.14. The average Bonchev–Trinajstić information content (AvgIpc) is 3.30. The molecule has 1 saturated carbocycles. The van der Waals surface area contributed by atoms with Crippen LogP contribution in [0.4, 0.5) is 0 Å². The third-order valence-corrected chi connectivity index (χ3v) is 5.09. The van der Waals surface area contributed by atoms with Crippen LogP contribution in [0.1, 0.15) is 57.1 Å². The summed E-state index contributed by atoms with van der Waals surface area (Å²) in [6.07, 6.45) is 8.49. The van der Waals surface area contributed by atoms with E-state index < -0.39 is 0 Å². The van der Waals surface area contributed by atoms with Gasteiger partial charge in [0.05, 0.1) is 12.6 Å². The van der Waals surface area contributed by atoms with Crippen LogP contribution in [-0.2, 0) is 29.0 Å². The number of guanidine groups is 1. The largest absolute Gasteiger partial charge is 0.378 e. The summed E-state index contributed by atoms with van der Waals surface area (Å²) in [5.41, 5.74) is 0. The average molecular weight is 506 g/mol. The molecule has 0 radical (unpaired) electrons. The summed E-state index contributed by atoms with van der Waals surface area (Å²) in [5, 5.41) is 11.4. The quantitative estimate of drug-likeness (QED) is 0.231. The highest BCUT2D eigenvalue weighted by atomic mass is 127. The molecule has 2 N–H and O–H groups in total. The molecule has 1 aromatic heterocycles. The SMILES string of the molecule is CCNC(=NCCCOC1CCCC1)NC1CCc2nc(COC)nn2C1.I. The van der Waals surface area contributed by atoms with Crippen molar-refractivity contribution < 1.29 is 9.47 Å². The molecular weight excluding hydrogens is 471 g/mol. The highest BCUT2D eigenvalue weighted by molar-refractivity contribution is 14.0. The van der Waals surface area contributed by atoms with Gasteiger partial charge in [-0.05, 0) is 32.6 Å². The first-order valence-electron chi connectivity index (χ1n) is 10.4. The van der Waals surface area contributed by atoms with E-state index in [2.05, 4.69) is 27.6 Å². The van der Waals surface area contributed by atoms with E-state index in [0.717, 1.165) is 63.1 Å². The maximum atomic E-state index is 5.92. The van der Waals surface area contributed by atoms with Crippen LogP contribution in [0.5, 0.6) is 0 Å². The van der Waals surface area contributed by atoms with Gasteiger partial charge in [0.1, 0.15) is 12.4 Å². The molecule has 2 heterocycles. The lowest BCUT2D eigenvalue weighted by atomic mass is 10.1. The smallest absolute Gasteiger partial charge is 0.191 e. The van der Waals surface area contributed by atoms with E-state index in [0.29, 0.717) is 18.8 Å². The lowest BCUT2D eigenvalue weighted by molar-refractivity contribution is 0.0579. The second kappa shape index (κ2) is 12.6. The number of nitrogens with one attached hydrogen (secondary N) is 2. The number of hydrogen-bond donors (Lipinski definition) is 2. The van der Waals surface area contributed by atoms with Crippen molar-refractivity contribution in [3.63, 3.8) is 0 Å². The summed E-state index contributed by atoms with van der Waals surface area (Å²) in [5.74, 6) is 2.69. The molecule has 160 valence electrons. The zero-order valence-electron chi connectivity index (χ0n) is 17.2. The Morgan fingerprint density at radius 1 is 1.29 bits per heavy atom. The molecule has 28 heavy (non-hydrogen) atoms. The van der Waals surface area contributed by atoms with Gasteiger partial charge >= 0.3 is 0 Å². The van der Waals surface area contributed by atoms with Crippen molar-refractivity contribution in [1.29, 1.82) is 0 Å². The Bertz CT molecular complexity index is 603. The van der Waals surface area contributed by atoms with Crippen LogP contribution in [0.15, 0.2) is 4.99 Å². The Morgan fingerprint density at radius 3 is 2.86 bits per heavy atom. The highest BCUT2D eigenvalue weighted by Crippen LogP contribution is 2.20. The number of methoxy groups -OCH3 is 1. The Morgan fingerprint density at radius 2 is 2.11 bits per heavy atom. The molecule has 0 saturated heterocycles. The van der Waals surface area contributed by atoms with E-state index in [-0.39, 0.29) is 24.0 Å². The van der Waals surface area contributed by atoms with Gasteiger partial charge in [-0.2, -0.15) is 5.10 Å². The topological polar surface area (TPSA) is 85.6 Å². The predicted molar refractivity (Wildman–Crippen MR) is 120 cm³/mol. The summed E-state index contributed by atoms with van der Waals surface area (Å²) in [6, 6.07) is 0.308.